The Morgan fingerprint density at radius 3 is 2.17 bits per heavy atom. The lowest BCUT2D eigenvalue weighted by Crippen LogP contribution is -2.35. The zero-order valence-corrected chi connectivity index (χ0v) is 18.2. The van der Waals surface area contributed by atoms with Crippen molar-refractivity contribution < 1.29 is 4.39 Å². The van der Waals surface area contributed by atoms with Crippen molar-refractivity contribution in [2.24, 2.45) is 0 Å². The number of hydrogen-bond donors (Lipinski definition) is 0. The third-order valence-electron chi connectivity index (χ3n) is 6.01. The van der Waals surface area contributed by atoms with Crippen LogP contribution in [-0.2, 0) is 12.8 Å². The second-order valence-electron chi connectivity index (χ2n) is 7.92. The summed E-state index contributed by atoms with van der Waals surface area (Å²) in [7, 11) is 0. The first-order valence-corrected chi connectivity index (χ1v) is 10.9. The summed E-state index contributed by atoms with van der Waals surface area (Å²) in [5.41, 5.74) is 3.96. The molecule has 0 radical (unpaired) electrons. The minimum Gasteiger partial charge on any atom is -0.301 e. The van der Waals surface area contributed by atoms with Crippen LogP contribution in [0.4, 0.5) is 4.39 Å². The van der Waals surface area contributed by atoms with Crippen LogP contribution < -0.4 is 0 Å². The molecule has 2 aromatic rings. The largest absolute Gasteiger partial charge is 0.301 e. The Kier molecular flexibility index (Phi) is 9.88. The minimum atomic E-state index is -0.622. The highest BCUT2D eigenvalue weighted by Gasteiger charge is 2.31. The fourth-order valence-corrected chi connectivity index (χ4v) is 3.93. The van der Waals surface area contributed by atoms with Gasteiger partial charge in [-0.25, -0.2) is 4.39 Å². The smallest absolute Gasteiger partial charge is 0.107 e. The van der Waals surface area contributed by atoms with E-state index >= 15 is 0 Å². The highest BCUT2D eigenvalue weighted by molar-refractivity contribution is 5.28. The van der Waals surface area contributed by atoms with Gasteiger partial charge in [0.15, 0.2) is 0 Å². The van der Waals surface area contributed by atoms with E-state index in [9.17, 15) is 4.39 Å². The lowest BCUT2D eigenvalue weighted by Gasteiger charge is -2.31. The van der Waals surface area contributed by atoms with Crippen LogP contribution in [-0.4, -0.2) is 30.2 Å². The van der Waals surface area contributed by atoms with Gasteiger partial charge < -0.3 is 4.90 Å². The topological polar surface area (TPSA) is 27.0 Å². The predicted octanol–water partition coefficient (Wildman–Crippen LogP) is 6.32. The van der Waals surface area contributed by atoms with Crippen LogP contribution in [0.1, 0.15) is 62.6 Å². The van der Waals surface area contributed by atoms with Gasteiger partial charge in [0, 0.05) is 25.4 Å². The van der Waals surface area contributed by atoms with Crippen molar-refractivity contribution in [3.63, 3.8) is 0 Å². The Morgan fingerprint density at radius 2 is 1.66 bits per heavy atom. The number of halogens is 1. The molecule has 3 unspecified atom stereocenters. The molecule has 1 aliphatic carbocycles. The van der Waals surface area contributed by atoms with Gasteiger partial charge in [-0.3, -0.25) is 0 Å². The highest BCUT2D eigenvalue weighted by Crippen LogP contribution is 2.39. The molecule has 1 fully saturated rings. The molecule has 0 amide bonds. The van der Waals surface area contributed by atoms with Crippen LogP contribution in [0, 0.1) is 11.3 Å². The van der Waals surface area contributed by atoms with E-state index in [0.717, 1.165) is 45.2 Å². The summed E-state index contributed by atoms with van der Waals surface area (Å²) in [6.07, 6.45) is 4.48. The summed E-state index contributed by atoms with van der Waals surface area (Å²) in [6, 6.07) is 21.8. The van der Waals surface area contributed by atoms with Gasteiger partial charge in [-0.05, 0) is 62.3 Å². The Labute approximate surface area is 176 Å². The normalized spacial score (nSPS) is 18.9. The first-order valence-electron chi connectivity index (χ1n) is 10.9. The van der Waals surface area contributed by atoms with Gasteiger partial charge in [-0.2, -0.15) is 5.26 Å². The molecule has 2 nitrogen and oxygen atoms in total. The van der Waals surface area contributed by atoms with E-state index in [-0.39, 0.29) is 5.92 Å². The number of nitriles is 1. The zero-order chi connectivity index (χ0) is 21.1. The van der Waals surface area contributed by atoms with Crippen LogP contribution in [0.15, 0.2) is 54.6 Å². The monoisotopic (exact) mass is 394 g/mol. The standard InChI is InChI=1S/C24H32FN.C2H3N/c1-3-26(18-17-20-7-5-4-6-8-20)19(2)9-10-21-11-13-22(14-12-21)23-15-16-24(23)25;1-2-3/h4-8,11-14,19,23-24H,3,9-10,15-18H2,1-2H3;1H3. The molecule has 0 spiro atoms. The molecule has 1 aliphatic rings. The average Bonchev–Trinajstić information content (AvgIpc) is 2.74. The summed E-state index contributed by atoms with van der Waals surface area (Å²) in [5, 5.41) is 7.32. The van der Waals surface area contributed by atoms with Crippen molar-refractivity contribution in [3.05, 3.63) is 71.3 Å². The summed E-state index contributed by atoms with van der Waals surface area (Å²) in [5.74, 6) is 0.150. The van der Waals surface area contributed by atoms with Gasteiger partial charge in [0.05, 0.1) is 6.07 Å². The van der Waals surface area contributed by atoms with Crippen molar-refractivity contribution in [2.75, 3.05) is 13.1 Å². The van der Waals surface area contributed by atoms with E-state index in [1.807, 2.05) is 0 Å². The number of hydrogen-bond acceptors (Lipinski definition) is 2. The van der Waals surface area contributed by atoms with Gasteiger partial charge in [-0.15, -0.1) is 0 Å². The molecule has 3 rings (SSSR count). The Morgan fingerprint density at radius 1 is 1.03 bits per heavy atom. The van der Waals surface area contributed by atoms with E-state index in [4.69, 9.17) is 5.26 Å². The minimum absolute atomic E-state index is 0.150. The molecule has 1 saturated carbocycles. The molecule has 3 atom stereocenters. The third-order valence-corrected chi connectivity index (χ3v) is 6.01. The second-order valence-corrected chi connectivity index (χ2v) is 7.92. The molecular weight excluding hydrogens is 359 g/mol. The summed E-state index contributed by atoms with van der Waals surface area (Å²) < 4.78 is 13.5. The quantitative estimate of drug-likeness (QED) is 0.498. The maximum Gasteiger partial charge on any atom is 0.107 e. The summed E-state index contributed by atoms with van der Waals surface area (Å²) >= 11 is 0. The molecule has 0 aromatic heterocycles. The van der Waals surface area contributed by atoms with Crippen LogP contribution in [0.25, 0.3) is 0 Å². The third kappa shape index (κ3) is 7.29. The number of aryl methyl sites for hydroxylation is 1. The van der Waals surface area contributed by atoms with E-state index in [1.165, 1.54) is 23.6 Å². The van der Waals surface area contributed by atoms with Crippen molar-refractivity contribution in [3.8, 4) is 6.07 Å². The van der Waals surface area contributed by atoms with E-state index in [1.54, 1.807) is 6.07 Å². The summed E-state index contributed by atoms with van der Waals surface area (Å²) in [4.78, 5) is 2.57. The number of alkyl halides is 1. The fraction of sp³-hybridized carbons (Fsp3) is 0.500. The number of likely N-dealkylation sites (N-methyl/N-ethyl adjacent to an activating group) is 1. The van der Waals surface area contributed by atoms with E-state index in [0.29, 0.717) is 6.04 Å². The average molecular weight is 395 g/mol. The van der Waals surface area contributed by atoms with Gasteiger partial charge in [0.1, 0.15) is 6.17 Å². The molecule has 0 aliphatic heterocycles. The lowest BCUT2D eigenvalue weighted by atomic mass is 9.78. The SMILES string of the molecule is CC#N.CCN(CCc1ccccc1)C(C)CCc1ccc(C2CCC2F)cc1. The molecule has 2 aromatic carbocycles. The lowest BCUT2D eigenvalue weighted by molar-refractivity contribution is 0.170. The molecule has 0 saturated heterocycles. The van der Waals surface area contributed by atoms with Crippen LogP contribution in [0.2, 0.25) is 0 Å². The molecule has 0 N–H and O–H groups in total. The maximum atomic E-state index is 13.5. The van der Waals surface area contributed by atoms with Gasteiger partial charge in [0.2, 0.25) is 0 Å². The fourth-order valence-electron chi connectivity index (χ4n) is 3.93. The second kappa shape index (κ2) is 12.4. The molecular formula is C26H35FN2. The number of nitrogens with zero attached hydrogens (tertiary/aromatic N) is 2. The first kappa shape index (κ1) is 23.1. The van der Waals surface area contributed by atoms with Crippen molar-refractivity contribution in [2.45, 2.75) is 71.0 Å². The van der Waals surface area contributed by atoms with E-state index < -0.39 is 6.17 Å². The Hall–Kier alpha value is -2.18. The van der Waals surface area contributed by atoms with Gasteiger partial charge in [0.25, 0.3) is 0 Å². The van der Waals surface area contributed by atoms with Crippen LogP contribution >= 0.6 is 0 Å². The first-order chi connectivity index (χ1) is 14.1. The molecule has 0 bridgehead atoms. The molecule has 0 heterocycles. The summed E-state index contributed by atoms with van der Waals surface area (Å²) in [6.45, 7) is 8.22. The molecule has 29 heavy (non-hydrogen) atoms. The molecule has 3 heteroatoms. The zero-order valence-electron chi connectivity index (χ0n) is 18.2. The predicted molar refractivity (Wildman–Crippen MR) is 120 cm³/mol. The van der Waals surface area contributed by atoms with Gasteiger partial charge >= 0.3 is 0 Å². The number of rotatable bonds is 9. The van der Waals surface area contributed by atoms with Crippen molar-refractivity contribution >= 4 is 0 Å². The van der Waals surface area contributed by atoms with Crippen LogP contribution in [0.3, 0.4) is 0 Å². The maximum absolute atomic E-state index is 13.5. The van der Waals surface area contributed by atoms with Crippen molar-refractivity contribution in [1.82, 2.24) is 4.90 Å². The van der Waals surface area contributed by atoms with Gasteiger partial charge in [-0.1, -0.05) is 61.5 Å². The number of benzene rings is 2. The highest BCUT2D eigenvalue weighted by atomic mass is 19.1. The molecule has 156 valence electrons. The van der Waals surface area contributed by atoms with Crippen molar-refractivity contribution in [1.29, 1.82) is 5.26 Å². The Bertz CT molecular complexity index is 736. The van der Waals surface area contributed by atoms with E-state index in [2.05, 4.69) is 73.3 Å². The Balaban J connectivity index is 0.000000941. The van der Waals surface area contributed by atoms with Crippen LogP contribution in [0.5, 0.6) is 0 Å².